The Balaban J connectivity index is 1.33. The fourth-order valence-electron chi connectivity index (χ4n) is 3.77. The van der Waals surface area contributed by atoms with Crippen molar-refractivity contribution in [2.45, 2.75) is 43.3 Å². The minimum atomic E-state index is -0.226. The van der Waals surface area contributed by atoms with Crippen molar-refractivity contribution < 1.29 is 9.59 Å². The summed E-state index contributed by atoms with van der Waals surface area (Å²) in [5.74, 6) is 1.56. The Morgan fingerprint density at radius 3 is 2.73 bits per heavy atom. The van der Waals surface area contributed by atoms with Crippen LogP contribution in [0.25, 0.3) is 0 Å². The van der Waals surface area contributed by atoms with Crippen LogP contribution in [0.1, 0.15) is 58.9 Å². The quantitative estimate of drug-likeness (QED) is 0.459. The topological polar surface area (TPSA) is 76.9 Å². The number of aromatic nitrogens is 3. The van der Waals surface area contributed by atoms with Gasteiger partial charge in [-0.2, -0.15) is 0 Å². The number of thioether (sulfide) groups is 1. The number of anilines is 1. The largest absolute Gasteiger partial charge is 0.325 e. The van der Waals surface area contributed by atoms with E-state index in [1.807, 2.05) is 37.3 Å². The smallest absolute Gasteiger partial charge is 0.231 e. The van der Waals surface area contributed by atoms with E-state index >= 15 is 0 Å². The molecule has 152 valence electrons. The summed E-state index contributed by atoms with van der Waals surface area (Å²) in [6.07, 6.45) is 2.30. The van der Waals surface area contributed by atoms with Crippen LogP contribution in [-0.2, 0) is 11.3 Å². The lowest BCUT2D eigenvalue weighted by Crippen LogP contribution is -2.09. The first-order valence-electron chi connectivity index (χ1n) is 10.2. The van der Waals surface area contributed by atoms with Crippen LogP contribution in [0.3, 0.4) is 0 Å². The van der Waals surface area contributed by atoms with Gasteiger partial charge in [0.1, 0.15) is 5.82 Å². The molecule has 7 heteroatoms. The molecule has 2 aliphatic rings. The van der Waals surface area contributed by atoms with Gasteiger partial charge >= 0.3 is 0 Å². The van der Waals surface area contributed by atoms with Gasteiger partial charge in [-0.1, -0.05) is 42.1 Å². The Kier molecular flexibility index (Phi) is 4.90. The van der Waals surface area contributed by atoms with Gasteiger partial charge in [0.15, 0.2) is 10.9 Å². The fraction of sp³-hybridized carbons (Fsp3) is 0.304. The molecule has 6 nitrogen and oxygen atoms in total. The first kappa shape index (κ1) is 19.1. The first-order valence-corrected chi connectivity index (χ1v) is 11.2. The summed E-state index contributed by atoms with van der Waals surface area (Å²) in [5.41, 5.74) is 3.51. The summed E-state index contributed by atoms with van der Waals surface area (Å²) in [5, 5.41) is 12.4. The number of nitrogens with one attached hydrogen (secondary N) is 1. The lowest BCUT2D eigenvalue weighted by Gasteiger charge is -2.10. The zero-order valence-corrected chi connectivity index (χ0v) is 17.5. The number of amides is 1. The van der Waals surface area contributed by atoms with Gasteiger partial charge in [0.2, 0.25) is 5.91 Å². The third-order valence-corrected chi connectivity index (χ3v) is 6.66. The predicted octanol–water partition coefficient (Wildman–Crippen LogP) is 4.23. The van der Waals surface area contributed by atoms with Crippen molar-refractivity contribution in [3.8, 4) is 0 Å². The molecule has 2 aromatic carbocycles. The second-order valence-corrected chi connectivity index (χ2v) is 8.85. The van der Waals surface area contributed by atoms with Crippen LogP contribution in [-0.4, -0.2) is 32.2 Å². The van der Waals surface area contributed by atoms with Crippen molar-refractivity contribution in [1.82, 2.24) is 14.8 Å². The van der Waals surface area contributed by atoms with Crippen molar-refractivity contribution in [2.24, 2.45) is 0 Å². The van der Waals surface area contributed by atoms with Crippen LogP contribution >= 0.6 is 11.8 Å². The van der Waals surface area contributed by atoms with Gasteiger partial charge < -0.3 is 9.88 Å². The van der Waals surface area contributed by atoms with Gasteiger partial charge in [0, 0.05) is 17.2 Å². The Morgan fingerprint density at radius 2 is 1.97 bits per heavy atom. The highest BCUT2D eigenvalue weighted by Gasteiger charge is 2.31. The van der Waals surface area contributed by atoms with Crippen molar-refractivity contribution in [2.75, 3.05) is 11.1 Å². The van der Waals surface area contributed by atoms with Gasteiger partial charge in [0.05, 0.1) is 18.2 Å². The second-order valence-electron chi connectivity index (χ2n) is 7.91. The van der Waals surface area contributed by atoms with E-state index in [1.165, 1.54) is 17.3 Å². The molecule has 1 amide bonds. The Labute approximate surface area is 179 Å². The molecule has 1 aromatic heterocycles. The lowest BCUT2D eigenvalue weighted by atomic mass is 9.99. The molecule has 0 bridgehead atoms. The van der Waals surface area contributed by atoms with Crippen molar-refractivity contribution in [3.63, 3.8) is 0 Å². The second kappa shape index (κ2) is 7.72. The van der Waals surface area contributed by atoms with Crippen molar-refractivity contribution in [3.05, 3.63) is 71.0 Å². The summed E-state index contributed by atoms with van der Waals surface area (Å²) in [6, 6.07) is 15.7. The molecule has 30 heavy (non-hydrogen) atoms. The minimum Gasteiger partial charge on any atom is -0.325 e. The number of rotatable bonds is 7. The van der Waals surface area contributed by atoms with E-state index in [-0.39, 0.29) is 23.4 Å². The maximum absolute atomic E-state index is 12.8. The molecular formula is C23H22N4O2S. The molecule has 0 unspecified atom stereocenters. The van der Waals surface area contributed by atoms with E-state index in [9.17, 15) is 9.59 Å². The van der Waals surface area contributed by atoms with Crippen LogP contribution in [0.15, 0.2) is 53.7 Å². The molecule has 2 heterocycles. The Hall–Kier alpha value is -2.93. The number of Topliss-reactive ketones (excluding diaryl/α,β-unsaturated/α-hetero) is 1. The van der Waals surface area contributed by atoms with E-state index in [4.69, 9.17) is 0 Å². The van der Waals surface area contributed by atoms with Gasteiger partial charge in [-0.15, -0.1) is 10.2 Å². The minimum absolute atomic E-state index is 0.0226. The molecule has 0 saturated heterocycles. The van der Waals surface area contributed by atoms with Crippen LogP contribution in [0, 0.1) is 0 Å². The highest BCUT2D eigenvalue weighted by molar-refractivity contribution is 7.99. The van der Waals surface area contributed by atoms with E-state index in [0.29, 0.717) is 18.0 Å². The highest BCUT2D eigenvalue weighted by Crippen LogP contribution is 2.40. The molecule has 1 aliphatic carbocycles. The van der Waals surface area contributed by atoms with E-state index in [2.05, 4.69) is 32.2 Å². The first-order chi connectivity index (χ1) is 14.6. The third kappa shape index (κ3) is 3.65. The van der Waals surface area contributed by atoms with Crippen LogP contribution in [0.4, 0.5) is 5.69 Å². The standard InChI is InChI=1S/C23H22N4O2S/c1-14-18-11-17(9-10-19(18)24-22(14)29)20(28)13-30-23-26-25-21(16-7-8-16)27(23)12-15-5-3-2-4-6-15/h2-6,9-11,14,16H,7-8,12-13H2,1H3,(H,24,29)/t14-/m1/s1. The average molecular weight is 419 g/mol. The molecule has 3 aromatic rings. The predicted molar refractivity (Wildman–Crippen MR) is 116 cm³/mol. The van der Waals surface area contributed by atoms with Gasteiger partial charge in [-0.05, 0) is 49.1 Å². The molecule has 5 rings (SSSR count). The lowest BCUT2D eigenvalue weighted by molar-refractivity contribution is -0.116. The molecule has 1 saturated carbocycles. The number of ketones is 1. The summed E-state index contributed by atoms with van der Waals surface area (Å²) in [7, 11) is 0. The summed E-state index contributed by atoms with van der Waals surface area (Å²) >= 11 is 1.43. The van der Waals surface area contributed by atoms with E-state index in [0.717, 1.165) is 35.1 Å². The number of carbonyl (C=O) groups excluding carboxylic acids is 2. The molecule has 1 fully saturated rings. The number of nitrogens with zero attached hydrogens (tertiary/aromatic N) is 3. The number of carbonyl (C=O) groups is 2. The SMILES string of the molecule is C[C@H]1C(=O)Nc2ccc(C(=O)CSc3nnc(C4CC4)n3Cc3ccccc3)cc21. The Bertz CT molecular complexity index is 1120. The summed E-state index contributed by atoms with van der Waals surface area (Å²) in [4.78, 5) is 24.7. The van der Waals surface area contributed by atoms with Crippen LogP contribution in [0.5, 0.6) is 0 Å². The maximum Gasteiger partial charge on any atom is 0.231 e. The Morgan fingerprint density at radius 1 is 1.17 bits per heavy atom. The zero-order valence-electron chi connectivity index (χ0n) is 16.7. The van der Waals surface area contributed by atoms with E-state index in [1.54, 1.807) is 6.07 Å². The maximum atomic E-state index is 12.8. The number of benzene rings is 2. The molecule has 1 atom stereocenters. The number of hydrogen-bond acceptors (Lipinski definition) is 5. The van der Waals surface area contributed by atoms with Crippen LogP contribution in [0.2, 0.25) is 0 Å². The fourth-order valence-corrected chi connectivity index (χ4v) is 4.61. The van der Waals surface area contributed by atoms with Gasteiger partial charge in [0.25, 0.3) is 0 Å². The monoisotopic (exact) mass is 418 g/mol. The average Bonchev–Trinajstić information content (AvgIpc) is 3.47. The normalized spacial score (nSPS) is 17.6. The van der Waals surface area contributed by atoms with Crippen LogP contribution < -0.4 is 5.32 Å². The molecule has 0 radical (unpaired) electrons. The summed E-state index contributed by atoms with van der Waals surface area (Å²) < 4.78 is 2.15. The zero-order chi connectivity index (χ0) is 20.7. The molecule has 1 aliphatic heterocycles. The van der Waals surface area contributed by atoms with Crippen molar-refractivity contribution >= 4 is 29.1 Å². The van der Waals surface area contributed by atoms with E-state index < -0.39 is 0 Å². The van der Waals surface area contributed by atoms with Crippen molar-refractivity contribution in [1.29, 1.82) is 0 Å². The van der Waals surface area contributed by atoms with Gasteiger partial charge in [-0.25, -0.2) is 0 Å². The summed E-state index contributed by atoms with van der Waals surface area (Å²) in [6.45, 7) is 2.57. The molecule has 0 spiro atoms. The molecular weight excluding hydrogens is 396 g/mol. The molecule has 1 N–H and O–H groups in total. The number of hydrogen-bond donors (Lipinski definition) is 1. The highest BCUT2D eigenvalue weighted by atomic mass is 32.2. The third-order valence-electron chi connectivity index (χ3n) is 5.70. The number of fused-ring (bicyclic) bond motifs is 1. The van der Waals surface area contributed by atoms with Gasteiger partial charge in [-0.3, -0.25) is 9.59 Å².